The van der Waals surface area contributed by atoms with Crippen molar-refractivity contribution in [1.29, 1.82) is 0 Å². The Kier molecular flexibility index (Phi) is 14.2. The van der Waals surface area contributed by atoms with E-state index in [1.54, 1.807) is 7.11 Å². The van der Waals surface area contributed by atoms with Gasteiger partial charge in [0.05, 0.1) is 13.0 Å². The normalized spacial score (nSPS) is 11.3. The molecule has 0 spiro atoms. The van der Waals surface area contributed by atoms with Crippen LogP contribution in [0.4, 0.5) is 0 Å². The van der Waals surface area contributed by atoms with Crippen molar-refractivity contribution in [3.05, 3.63) is 29.8 Å². The van der Waals surface area contributed by atoms with Gasteiger partial charge in [-0.25, -0.2) is 0 Å². The molecule has 0 radical (unpaired) electrons. The SMILES string of the molecule is CCCCC(CCN(C)Cc1ccc(OC)cc1)C(=O)O.Cl.Cl. The van der Waals surface area contributed by atoms with E-state index in [0.717, 1.165) is 38.1 Å². The second-order valence-corrected chi connectivity index (χ2v) is 5.55. The zero-order valence-corrected chi connectivity index (χ0v) is 15.8. The summed E-state index contributed by atoms with van der Waals surface area (Å²) in [5, 5.41) is 9.23. The first-order chi connectivity index (χ1) is 10.1. The molecule has 1 rings (SSSR count). The Hall–Kier alpha value is -0.970. The van der Waals surface area contributed by atoms with Crippen LogP contribution in [0.15, 0.2) is 24.3 Å². The first-order valence-corrected chi connectivity index (χ1v) is 7.61. The lowest BCUT2D eigenvalue weighted by Gasteiger charge is -2.19. The Bertz CT molecular complexity index is 426. The van der Waals surface area contributed by atoms with Gasteiger partial charge in [0.1, 0.15) is 5.75 Å². The Labute approximate surface area is 152 Å². The molecule has 1 aromatic rings. The topological polar surface area (TPSA) is 49.8 Å². The summed E-state index contributed by atoms with van der Waals surface area (Å²) in [5.41, 5.74) is 1.21. The Morgan fingerprint density at radius 1 is 1.22 bits per heavy atom. The van der Waals surface area contributed by atoms with E-state index in [1.807, 2.05) is 31.3 Å². The van der Waals surface area contributed by atoms with Gasteiger partial charge < -0.3 is 14.7 Å². The number of nitrogens with zero attached hydrogens (tertiary/aromatic N) is 1. The van der Waals surface area contributed by atoms with Gasteiger partial charge in [-0.3, -0.25) is 4.79 Å². The molecule has 1 unspecified atom stereocenters. The average Bonchev–Trinajstić information content (AvgIpc) is 2.47. The van der Waals surface area contributed by atoms with Crippen LogP contribution in [0.3, 0.4) is 0 Å². The summed E-state index contributed by atoms with van der Waals surface area (Å²) in [4.78, 5) is 13.4. The summed E-state index contributed by atoms with van der Waals surface area (Å²) in [7, 11) is 3.69. The minimum absolute atomic E-state index is 0. The van der Waals surface area contributed by atoms with E-state index in [-0.39, 0.29) is 30.7 Å². The fraction of sp³-hybridized carbons (Fsp3) is 0.588. The maximum Gasteiger partial charge on any atom is 0.306 e. The first kappa shape index (κ1) is 24.3. The number of rotatable bonds is 10. The number of halogens is 2. The Morgan fingerprint density at radius 3 is 2.30 bits per heavy atom. The van der Waals surface area contributed by atoms with Crippen LogP contribution in [0.1, 0.15) is 38.2 Å². The summed E-state index contributed by atoms with van der Waals surface area (Å²) in [6.45, 7) is 3.71. The highest BCUT2D eigenvalue weighted by molar-refractivity contribution is 5.85. The predicted octanol–water partition coefficient (Wildman–Crippen LogP) is 4.25. The number of ether oxygens (including phenoxy) is 1. The van der Waals surface area contributed by atoms with Crippen molar-refractivity contribution in [1.82, 2.24) is 4.90 Å². The van der Waals surface area contributed by atoms with E-state index in [1.165, 1.54) is 5.56 Å². The molecule has 0 aromatic heterocycles. The van der Waals surface area contributed by atoms with Crippen LogP contribution < -0.4 is 4.74 Å². The van der Waals surface area contributed by atoms with E-state index >= 15 is 0 Å². The number of methoxy groups -OCH3 is 1. The van der Waals surface area contributed by atoms with E-state index < -0.39 is 5.97 Å². The molecular formula is C17H29Cl2NO3. The molecule has 0 saturated carbocycles. The fourth-order valence-electron chi connectivity index (χ4n) is 2.34. The zero-order valence-electron chi connectivity index (χ0n) is 14.2. The molecule has 0 heterocycles. The van der Waals surface area contributed by atoms with E-state index in [4.69, 9.17) is 4.74 Å². The average molecular weight is 366 g/mol. The number of aliphatic carboxylic acids is 1. The molecule has 0 fully saturated rings. The third-order valence-electron chi connectivity index (χ3n) is 3.73. The van der Waals surface area contributed by atoms with Crippen LogP contribution in [0.25, 0.3) is 0 Å². The lowest BCUT2D eigenvalue weighted by atomic mass is 9.98. The molecule has 1 aromatic carbocycles. The number of carbonyl (C=O) groups is 1. The maximum absolute atomic E-state index is 11.2. The maximum atomic E-state index is 11.2. The van der Waals surface area contributed by atoms with Crippen molar-refractivity contribution in [2.75, 3.05) is 20.7 Å². The van der Waals surface area contributed by atoms with Crippen LogP contribution >= 0.6 is 24.8 Å². The van der Waals surface area contributed by atoms with Crippen molar-refractivity contribution in [3.63, 3.8) is 0 Å². The standard InChI is InChI=1S/C17H27NO3.2ClH/c1-4-5-6-15(17(19)20)11-12-18(2)13-14-7-9-16(21-3)10-8-14;;/h7-10,15H,4-6,11-13H2,1-3H3,(H,19,20);2*1H. The molecule has 0 aliphatic heterocycles. The van der Waals surface area contributed by atoms with Crippen molar-refractivity contribution >= 4 is 30.8 Å². The number of unbranched alkanes of at least 4 members (excludes halogenated alkanes) is 1. The van der Waals surface area contributed by atoms with Gasteiger partial charge in [0.25, 0.3) is 0 Å². The molecule has 0 bridgehead atoms. The smallest absolute Gasteiger partial charge is 0.306 e. The number of carboxylic acids is 1. The molecule has 4 nitrogen and oxygen atoms in total. The molecule has 0 saturated heterocycles. The molecule has 23 heavy (non-hydrogen) atoms. The van der Waals surface area contributed by atoms with Gasteiger partial charge in [0.2, 0.25) is 0 Å². The predicted molar refractivity (Wildman–Crippen MR) is 99.1 cm³/mol. The zero-order chi connectivity index (χ0) is 15.7. The first-order valence-electron chi connectivity index (χ1n) is 7.61. The largest absolute Gasteiger partial charge is 0.497 e. The molecule has 0 amide bonds. The Balaban J connectivity index is 0. The van der Waals surface area contributed by atoms with Crippen molar-refractivity contribution in [3.8, 4) is 5.75 Å². The van der Waals surface area contributed by atoms with Crippen LogP contribution in [0.5, 0.6) is 5.75 Å². The van der Waals surface area contributed by atoms with Gasteiger partial charge in [0.15, 0.2) is 0 Å². The van der Waals surface area contributed by atoms with Gasteiger partial charge >= 0.3 is 5.97 Å². The molecular weight excluding hydrogens is 337 g/mol. The van der Waals surface area contributed by atoms with Crippen LogP contribution in [-0.2, 0) is 11.3 Å². The molecule has 1 N–H and O–H groups in total. The van der Waals surface area contributed by atoms with Crippen LogP contribution in [0, 0.1) is 5.92 Å². The van der Waals surface area contributed by atoms with Gasteiger partial charge in [-0.2, -0.15) is 0 Å². The van der Waals surface area contributed by atoms with Crippen molar-refractivity contribution in [2.45, 2.75) is 39.2 Å². The molecule has 0 aliphatic carbocycles. The van der Waals surface area contributed by atoms with Gasteiger partial charge in [-0.1, -0.05) is 31.9 Å². The summed E-state index contributed by atoms with van der Waals surface area (Å²) in [5.74, 6) is -0.0310. The van der Waals surface area contributed by atoms with Gasteiger partial charge in [0, 0.05) is 6.54 Å². The highest BCUT2D eigenvalue weighted by atomic mass is 35.5. The van der Waals surface area contributed by atoms with Gasteiger partial charge in [-0.05, 0) is 44.1 Å². The quantitative estimate of drug-likeness (QED) is 0.673. The molecule has 0 aliphatic rings. The monoisotopic (exact) mass is 365 g/mol. The summed E-state index contributed by atoms with van der Waals surface area (Å²) >= 11 is 0. The minimum atomic E-state index is -0.665. The highest BCUT2D eigenvalue weighted by Gasteiger charge is 2.17. The van der Waals surface area contributed by atoms with Crippen molar-refractivity contribution in [2.24, 2.45) is 5.92 Å². The second-order valence-electron chi connectivity index (χ2n) is 5.55. The van der Waals surface area contributed by atoms with Gasteiger partial charge in [-0.15, -0.1) is 24.8 Å². The lowest BCUT2D eigenvalue weighted by molar-refractivity contribution is -0.142. The van der Waals surface area contributed by atoms with E-state index in [9.17, 15) is 9.90 Å². The number of benzene rings is 1. The molecule has 6 heteroatoms. The number of hydrogen-bond donors (Lipinski definition) is 1. The molecule has 134 valence electrons. The fourth-order valence-corrected chi connectivity index (χ4v) is 2.34. The van der Waals surface area contributed by atoms with E-state index in [2.05, 4.69) is 11.8 Å². The van der Waals surface area contributed by atoms with E-state index in [0.29, 0.717) is 6.42 Å². The third kappa shape index (κ3) is 9.69. The summed E-state index contributed by atoms with van der Waals surface area (Å²) in [6, 6.07) is 7.98. The number of hydrogen-bond acceptors (Lipinski definition) is 3. The second kappa shape index (κ2) is 13.5. The number of carboxylic acid groups (broad SMARTS) is 1. The molecule has 1 atom stereocenters. The van der Waals surface area contributed by atoms with Crippen molar-refractivity contribution < 1.29 is 14.6 Å². The summed E-state index contributed by atoms with van der Waals surface area (Å²) < 4.78 is 5.14. The van der Waals surface area contributed by atoms with Crippen LogP contribution in [-0.4, -0.2) is 36.7 Å². The third-order valence-corrected chi connectivity index (χ3v) is 3.73. The Morgan fingerprint density at radius 2 is 1.83 bits per heavy atom. The summed E-state index contributed by atoms with van der Waals surface area (Å²) in [6.07, 6.45) is 3.52. The van der Waals surface area contributed by atoms with Crippen LogP contribution in [0.2, 0.25) is 0 Å². The minimum Gasteiger partial charge on any atom is -0.497 e. The highest BCUT2D eigenvalue weighted by Crippen LogP contribution is 2.16. The lowest BCUT2D eigenvalue weighted by Crippen LogP contribution is -2.24.